The molecule has 34 heavy (non-hydrogen) atoms. The number of carbonyl (C=O) groups is 2. The first-order valence-corrected chi connectivity index (χ1v) is 13.3. The molecule has 0 aromatic heterocycles. The van der Waals surface area contributed by atoms with E-state index in [2.05, 4.69) is 32.6 Å². The van der Waals surface area contributed by atoms with Crippen molar-refractivity contribution >= 4 is 11.9 Å². The van der Waals surface area contributed by atoms with Crippen LogP contribution in [0, 0.1) is 11.8 Å². The van der Waals surface area contributed by atoms with Crippen LogP contribution in [0.2, 0.25) is 0 Å². The molecule has 0 saturated carbocycles. The Morgan fingerprint density at radius 1 is 0.882 bits per heavy atom. The topological polar surface area (TPSA) is 85.3 Å². The molecule has 0 heterocycles. The number of carboxylic acids is 1. The van der Waals surface area contributed by atoms with E-state index in [1.807, 2.05) is 6.92 Å². The fourth-order valence-electron chi connectivity index (χ4n) is 3.89. The lowest BCUT2D eigenvalue weighted by molar-refractivity contribution is -0.141. The molecular formula is C27H51NO6. The first-order chi connectivity index (χ1) is 16.4. The summed E-state index contributed by atoms with van der Waals surface area (Å²) < 4.78 is 16.4. The van der Waals surface area contributed by atoms with Gasteiger partial charge in [-0.1, -0.05) is 66.2 Å². The molecule has 3 unspecified atom stereocenters. The van der Waals surface area contributed by atoms with Gasteiger partial charge in [0.25, 0.3) is 0 Å². The molecule has 0 amide bonds. The zero-order valence-corrected chi connectivity index (χ0v) is 22.4. The van der Waals surface area contributed by atoms with E-state index < -0.39 is 11.9 Å². The van der Waals surface area contributed by atoms with Crippen molar-refractivity contribution in [3.05, 3.63) is 12.2 Å². The number of aliphatic carboxylic acids is 1. The zero-order chi connectivity index (χ0) is 25.6. The van der Waals surface area contributed by atoms with Crippen molar-refractivity contribution in [3.8, 4) is 0 Å². The molecule has 200 valence electrons. The van der Waals surface area contributed by atoms with Gasteiger partial charge in [0.2, 0.25) is 0 Å². The monoisotopic (exact) mass is 485 g/mol. The van der Waals surface area contributed by atoms with Gasteiger partial charge < -0.3 is 24.2 Å². The summed E-state index contributed by atoms with van der Waals surface area (Å²) in [5.41, 5.74) is 0. The van der Waals surface area contributed by atoms with Crippen LogP contribution in [-0.2, 0) is 23.8 Å². The summed E-state index contributed by atoms with van der Waals surface area (Å²) in [6.07, 6.45) is 11.7. The lowest BCUT2D eigenvalue weighted by atomic mass is 9.96. The summed E-state index contributed by atoms with van der Waals surface area (Å²) in [5.74, 6) is -0.378. The van der Waals surface area contributed by atoms with Crippen LogP contribution < -0.4 is 0 Å². The lowest BCUT2D eigenvalue weighted by Crippen LogP contribution is -2.37. The first-order valence-electron chi connectivity index (χ1n) is 13.3. The molecule has 7 nitrogen and oxygen atoms in total. The minimum atomic E-state index is -1.19. The maximum Gasteiger partial charge on any atom is 0.331 e. The fraction of sp³-hybridized carbons (Fsp3) is 0.852. The second kappa shape index (κ2) is 22.1. The van der Waals surface area contributed by atoms with E-state index >= 15 is 0 Å². The van der Waals surface area contributed by atoms with E-state index in [9.17, 15) is 9.59 Å². The molecule has 0 rings (SSSR count). The third kappa shape index (κ3) is 18.9. The van der Waals surface area contributed by atoms with Crippen LogP contribution in [0.15, 0.2) is 12.2 Å². The summed E-state index contributed by atoms with van der Waals surface area (Å²) in [6.45, 7) is 15.8. The molecule has 0 aliphatic heterocycles. The van der Waals surface area contributed by atoms with Crippen molar-refractivity contribution in [3.63, 3.8) is 0 Å². The van der Waals surface area contributed by atoms with Crippen molar-refractivity contribution in [2.24, 2.45) is 11.8 Å². The standard InChI is InChI=1S/C27H51NO6/c1-6-10-12-24(8-3)20-28(21-25(9-4)13-11-7-2)16-17-32-22-23(5)33-18-19-34-27(31)15-14-26(29)30/h14-15,23-25H,6-13,16-22H2,1-5H3,(H,29,30)/b15-14-. The lowest BCUT2D eigenvalue weighted by Gasteiger charge is -2.30. The van der Waals surface area contributed by atoms with Gasteiger partial charge in [-0.25, -0.2) is 9.59 Å². The van der Waals surface area contributed by atoms with Crippen LogP contribution in [0.5, 0.6) is 0 Å². The minimum absolute atomic E-state index is 0.0766. The van der Waals surface area contributed by atoms with Gasteiger partial charge in [-0.2, -0.15) is 0 Å². The largest absolute Gasteiger partial charge is 0.478 e. The average Bonchev–Trinajstić information content (AvgIpc) is 2.82. The molecule has 1 N–H and O–H groups in total. The Morgan fingerprint density at radius 2 is 1.47 bits per heavy atom. The Labute approximate surface area is 208 Å². The Bertz CT molecular complexity index is 521. The highest BCUT2D eigenvalue weighted by Gasteiger charge is 2.17. The molecule has 0 aromatic rings. The molecule has 0 radical (unpaired) electrons. The van der Waals surface area contributed by atoms with E-state index in [1.165, 1.54) is 51.4 Å². The third-order valence-corrected chi connectivity index (χ3v) is 6.12. The second-order valence-corrected chi connectivity index (χ2v) is 9.19. The van der Waals surface area contributed by atoms with E-state index in [-0.39, 0.29) is 19.3 Å². The SMILES string of the molecule is CCCCC(CC)CN(CCOCC(C)OCCOC(=O)/C=C\C(=O)O)CC(CC)CCCC. The predicted octanol–water partition coefficient (Wildman–Crippen LogP) is 5.33. The van der Waals surface area contributed by atoms with Crippen LogP contribution >= 0.6 is 0 Å². The Kier molecular flexibility index (Phi) is 21.1. The van der Waals surface area contributed by atoms with Crippen LogP contribution in [0.4, 0.5) is 0 Å². The van der Waals surface area contributed by atoms with Gasteiger partial charge in [0.05, 0.1) is 25.9 Å². The number of esters is 1. The second-order valence-electron chi connectivity index (χ2n) is 9.19. The first kappa shape index (κ1) is 32.6. The molecule has 3 atom stereocenters. The van der Waals surface area contributed by atoms with Gasteiger partial charge in [-0.15, -0.1) is 0 Å². The minimum Gasteiger partial charge on any atom is -0.478 e. The summed E-state index contributed by atoms with van der Waals surface area (Å²) in [5, 5.41) is 8.49. The number of hydrogen-bond donors (Lipinski definition) is 1. The van der Waals surface area contributed by atoms with Crippen molar-refractivity contribution in [1.29, 1.82) is 0 Å². The highest BCUT2D eigenvalue weighted by molar-refractivity contribution is 5.90. The Morgan fingerprint density at radius 3 is 1.97 bits per heavy atom. The van der Waals surface area contributed by atoms with Gasteiger partial charge >= 0.3 is 11.9 Å². The Balaban J connectivity index is 4.38. The summed E-state index contributed by atoms with van der Waals surface area (Å²) in [7, 11) is 0. The van der Waals surface area contributed by atoms with Gasteiger partial charge in [0, 0.05) is 31.8 Å². The average molecular weight is 486 g/mol. The number of rotatable bonds is 23. The maximum absolute atomic E-state index is 11.3. The van der Waals surface area contributed by atoms with Crippen molar-refractivity contribution in [2.45, 2.75) is 92.1 Å². The summed E-state index contributed by atoms with van der Waals surface area (Å²) in [6, 6.07) is 0. The molecule has 0 fully saturated rings. The molecule has 0 aliphatic rings. The molecule has 0 bridgehead atoms. The number of ether oxygens (including phenoxy) is 3. The van der Waals surface area contributed by atoms with Crippen molar-refractivity contribution in [2.75, 3.05) is 46.1 Å². The van der Waals surface area contributed by atoms with Crippen LogP contribution in [0.3, 0.4) is 0 Å². The molecule has 0 spiro atoms. The molecular weight excluding hydrogens is 434 g/mol. The predicted molar refractivity (Wildman–Crippen MR) is 137 cm³/mol. The normalized spacial score (nSPS) is 14.4. The number of carbonyl (C=O) groups excluding carboxylic acids is 1. The highest BCUT2D eigenvalue weighted by atomic mass is 16.6. The molecule has 0 aromatic carbocycles. The smallest absolute Gasteiger partial charge is 0.331 e. The Hall–Kier alpha value is -1.44. The van der Waals surface area contributed by atoms with Gasteiger partial charge in [0.15, 0.2) is 0 Å². The maximum atomic E-state index is 11.3. The van der Waals surface area contributed by atoms with Crippen LogP contribution in [0.25, 0.3) is 0 Å². The van der Waals surface area contributed by atoms with Crippen molar-refractivity contribution in [1.82, 2.24) is 4.90 Å². The number of unbranched alkanes of at least 4 members (excludes halogenated alkanes) is 2. The fourth-order valence-corrected chi connectivity index (χ4v) is 3.89. The van der Waals surface area contributed by atoms with E-state index in [1.54, 1.807) is 0 Å². The quantitative estimate of drug-likeness (QED) is 0.119. The number of carboxylic acid groups (broad SMARTS) is 1. The van der Waals surface area contributed by atoms with E-state index in [4.69, 9.17) is 19.3 Å². The molecule has 0 saturated heterocycles. The van der Waals surface area contributed by atoms with Crippen LogP contribution in [0.1, 0.15) is 86.0 Å². The molecule has 7 heteroatoms. The number of hydrogen-bond acceptors (Lipinski definition) is 6. The van der Waals surface area contributed by atoms with Crippen LogP contribution in [-0.4, -0.2) is 74.1 Å². The summed E-state index contributed by atoms with van der Waals surface area (Å²) >= 11 is 0. The van der Waals surface area contributed by atoms with E-state index in [0.29, 0.717) is 13.2 Å². The van der Waals surface area contributed by atoms with Gasteiger partial charge in [-0.3, -0.25) is 0 Å². The molecule has 0 aliphatic carbocycles. The van der Waals surface area contributed by atoms with Crippen molar-refractivity contribution < 1.29 is 28.9 Å². The third-order valence-electron chi connectivity index (χ3n) is 6.12. The number of nitrogens with zero attached hydrogens (tertiary/aromatic N) is 1. The van der Waals surface area contributed by atoms with Gasteiger partial charge in [-0.05, 0) is 31.6 Å². The van der Waals surface area contributed by atoms with Gasteiger partial charge in [0.1, 0.15) is 6.61 Å². The summed E-state index contributed by atoms with van der Waals surface area (Å²) in [4.78, 5) is 24.3. The van der Waals surface area contributed by atoms with E-state index in [0.717, 1.165) is 43.6 Å². The highest BCUT2D eigenvalue weighted by Crippen LogP contribution is 2.18. The zero-order valence-electron chi connectivity index (χ0n) is 22.4.